The molecule has 0 bridgehead atoms. The van der Waals surface area contributed by atoms with Crippen LogP contribution >= 0.6 is 11.8 Å². The smallest absolute Gasteiger partial charge is 0.236 e. The molecule has 0 aliphatic carbocycles. The summed E-state index contributed by atoms with van der Waals surface area (Å²) < 4.78 is 0. The van der Waals surface area contributed by atoms with Crippen LogP contribution in [0.3, 0.4) is 0 Å². The van der Waals surface area contributed by atoms with Gasteiger partial charge in [0.2, 0.25) is 5.91 Å². The van der Waals surface area contributed by atoms with Crippen LogP contribution in [-0.4, -0.2) is 41.7 Å². The first-order valence-electron chi connectivity index (χ1n) is 4.40. The van der Waals surface area contributed by atoms with Gasteiger partial charge in [0.1, 0.15) is 0 Å². The van der Waals surface area contributed by atoms with Crippen LogP contribution in [0.5, 0.6) is 0 Å². The Labute approximate surface area is 83.3 Å². The van der Waals surface area contributed by atoms with Crippen LogP contribution in [-0.2, 0) is 4.79 Å². The fourth-order valence-electron chi connectivity index (χ4n) is 0.676. The molecule has 0 radical (unpaired) electrons. The molecule has 1 amide bonds. The first-order valence-corrected chi connectivity index (χ1v) is 5.56. The first-order chi connectivity index (χ1) is 6.18. The summed E-state index contributed by atoms with van der Waals surface area (Å²) in [5.41, 5.74) is 5.35. The number of nitrogens with one attached hydrogen (secondary N) is 1. The molecule has 4 N–H and O–H groups in total. The molecule has 0 aromatic carbocycles. The van der Waals surface area contributed by atoms with Crippen molar-refractivity contribution in [3.63, 3.8) is 0 Å². The summed E-state index contributed by atoms with van der Waals surface area (Å²) in [4.78, 5) is 10.9. The topological polar surface area (TPSA) is 75.4 Å². The summed E-state index contributed by atoms with van der Waals surface area (Å²) in [6.45, 7) is 2.55. The van der Waals surface area contributed by atoms with Crippen molar-refractivity contribution in [2.45, 2.75) is 19.4 Å². The van der Waals surface area contributed by atoms with E-state index in [0.29, 0.717) is 6.54 Å². The Morgan fingerprint density at radius 2 is 2.31 bits per heavy atom. The van der Waals surface area contributed by atoms with Gasteiger partial charge in [-0.15, -0.1) is 0 Å². The van der Waals surface area contributed by atoms with Crippen molar-refractivity contribution < 1.29 is 9.90 Å². The van der Waals surface area contributed by atoms with Crippen LogP contribution in [0.2, 0.25) is 0 Å². The molecule has 13 heavy (non-hydrogen) atoms. The highest BCUT2D eigenvalue weighted by Gasteiger charge is 2.04. The van der Waals surface area contributed by atoms with Crippen LogP contribution in [0, 0.1) is 0 Å². The molecular weight excluding hydrogens is 188 g/mol. The normalized spacial score (nSPS) is 12.5. The molecule has 0 fully saturated rings. The van der Waals surface area contributed by atoms with Crippen LogP contribution in [0.25, 0.3) is 0 Å². The monoisotopic (exact) mass is 206 g/mol. The van der Waals surface area contributed by atoms with E-state index in [2.05, 4.69) is 5.32 Å². The van der Waals surface area contributed by atoms with E-state index in [0.717, 1.165) is 17.9 Å². The number of aliphatic hydroxyl groups is 1. The Kier molecular flexibility index (Phi) is 8.18. The fourth-order valence-corrected chi connectivity index (χ4v) is 1.46. The van der Waals surface area contributed by atoms with E-state index in [1.165, 1.54) is 0 Å². The van der Waals surface area contributed by atoms with Gasteiger partial charge in [-0.3, -0.25) is 4.79 Å². The Morgan fingerprint density at radius 1 is 1.62 bits per heavy atom. The quantitative estimate of drug-likeness (QED) is 0.494. The summed E-state index contributed by atoms with van der Waals surface area (Å²) >= 11 is 1.72. The number of nitrogens with two attached hydrogens (primary N) is 1. The Morgan fingerprint density at radius 3 is 2.85 bits per heavy atom. The Hall–Kier alpha value is -0.260. The molecule has 0 aliphatic heterocycles. The van der Waals surface area contributed by atoms with Crippen LogP contribution in [0.1, 0.15) is 13.3 Å². The van der Waals surface area contributed by atoms with E-state index in [1.54, 1.807) is 18.7 Å². The maximum absolute atomic E-state index is 10.9. The summed E-state index contributed by atoms with van der Waals surface area (Å²) in [7, 11) is 0. The van der Waals surface area contributed by atoms with Crippen molar-refractivity contribution in [2.75, 3.05) is 24.7 Å². The van der Waals surface area contributed by atoms with Gasteiger partial charge < -0.3 is 16.2 Å². The van der Waals surface area contributed by atoms with Gasteiger partial charge in [0.05, 0.1) is 6.04 Å². The molecule has 0 aromatic heterocycles. The second-order valence-corrected chi connectivity index (χ2v) is 3.99. The highest BCUT2D eigenvalue weighted by molar-refractivity contribution is 7.99. The van der Waals surface area contributed by atoms with Crippen molar-refractivity contribution in [1.29, 1.82) is 0 Å². The van der Waals surface area contributed by atoms with E-state index in [4.69, 9.17) is 10.8 Å². The zero-order chi connectivity index (χ0) is 10.1. The standard InChI is InChI=1S/C8H18N2O2S/c1-7(9)8(12)10-3-6-13-5-2-4-11/h7,11H,2-6,9H2,1H3,(H,10,12)/t7-/m0/s1. The molecule has 0 rings (SSSR count). The maximum Gasteiger partial charge on any atom is 0.236 e. The van der Waals surface area contributed by atoms with Gasteiger partial charge in [0.15, 0.2) is 0 Å². The molecule has 0 aliphatic rings. The number of aliphatic hydroxyl groups excluding tert-OH is 1. The van der Waals surface area contributed by atoms with E-state index >= 15 is 0 Å². The van der Waals surface area contributed by atoms with Crippen molar-refractivity contribution in [3.8, 4) is 0 Å². The molecule has 4 nitrogen and oxygen atoms in total. The third-order valence-corrected chi connectivity index (χ3v) is 2.48. The van der Waals surface area contributed by atoms with Crippen LogP contribution in [0.15, 0.2) is 0 Å². The third-order valence-electron chi connectivity index (χ3n) is 1.41. The van der Waals surface area contributed by atoms with Gasteiger partial charge in [0, 0.05) is 18.9 Å². The van der Waals surface area contributed by atoms with Crippen molar-refractivity contribution in [1.82, 2.24) is 5.32 Å². The number of carbonyl (C=O) groups is 1. The van der Waals surface area contributed by atoms with Crippen molar-refractivity contribution in [2.24, 2.45) is 5.73 Å². The van der Waals surface area contributed by atoms with Gasteiger partial charge in [0.25, 0.3) is 0 Å². The molecule has 0 saturated heterocycles. The van der Waals surface area contributed by atoms with Crippen LogP contribution < -0.4 is 11.1 Å². The minimum absolute atomic E-state index is 0.109. The molecule has 0 heterocycles. The van der Waals surface area contributed by atoms with E-state index in [9.17, 15) is 4.79 Å². The lowest BCUT2D eigenvalue weighted by atomic mass is 10.3. The lowest BCUT2D eigenvalue weighted by molar-refractivity contribution is -0.121. The number of hydrogen-bond acceptors (Lipinski definition) is 4. The molecule has 78 valence electrons. The fraction of sp³-hybridized carbons (Fsp3) is 0.875. The first kappa shape index (κ1) is 12.7. The second-order valence-electron chi connectivity index (χ2n) is 2.77. The molecular formula is C8H18N2O2S. The average molecular weight is 206 g/mol. The van der Waals surface area contributed by atoms with Gasteiger partial charge in [-0.2, -0.15) is 11.8 Å². The molecule has 0 unspecified atom stereocenters. The maximum atomic E-state index is 10.9. The molecule has 0 aromatic rings. The molecule has 0 saturated carbocycles. The highest BCUT2D eigenvalue weighted by atomic mass is 32.2. The van der Waals surface area contributed by atoms with Gasteiger partial charge in [-0.1, -0.05) is 0 Å². The van der Waals surface area contributed by atoms with E-state index < -0.39 is 6.04 Å². The van der Waals surface area contributed by atoms with E-state index in [1.807, 2.05) is 0 Å². The van der Waals surface area contributed by atoms with E-state index in [-0.39, 0.29) is 12.5 Å². The Bertz CT molecular complexity index is 142. The minimum Gasteiger partial charge on any atom is -0.396 e. The van der Waals surface area contributed by atoms with Crippen molar-refractivity contribution >= 4 is 17.7 Å². The van der Waals surface area contributed by atoms with Gasteiger partial charge >= 0.3 is 0 Å². The van der Waals surface area contributed by atoms with Crippen LogP contribution in [0.4, 0.5) is 0 Å². The number of thioether (sulfide) groups is 1. The largest absolute Gasteiger partial charge is 0.396 e. The molecule has 5 heteroatoms. The van der Waals surface area contributed by atoms with Gasteiger partial charge in [-0.25, -0.2) is 0 Å². The lowest BCUT2D eigenvalue weighted by Crippen LogP contribution is -2.39. The minimum atomic E-state index is -0.428. The number of rotatable bonds is 7. The molecule has 1 atom stereocenters. The average Bonchev–Trinajstić information content (AvgIpc) is 2.10. The summed E-state index contributed by atoms with van der Waals surface area (Å²) in [5, 5.41) is 11.2. The Balaban J connectivity index is 3.12. The predicted octanol–water partition coefficient (Wildman–Crippen LogP) is -0.435. The lowest BCUT2D eigenvalue weighted by Gasteiger charge is -2.06. The number of carbonyl (C=O) groups excluding carboxylic acids is 1. The third kappa shape index (κ3) is 8.08. The van der Waals surface area contributed by atoms with Crippen molar-refractivity contribution in [3.05, 3.63) is 0 Å². The zero-order valence-corrected chi connectivity index (χ0v) is 8.77. The summed E-state index contributed by atoms with van der Waals surface area (Å²) in [6.07, 6.45) is 0.811. The number of amides is 1. The highest BCUT2D eigenvalue weighted by Crippen LogP contribution is 1.99. The number of hydrogen-bond donors (Lipinski definition) is 3. The predicted molar refractivity (Wildman–Crippen MR) is 55.7 cm³/mol. The zero-order valence-electron chi connectivity index (χ0n) is 7.95. The SMILES string of the molecule is C[C@H](N)C(=O)NCCSCCCO. The molecule has 0 spiro atoms. The van der Waals surface area contributed by atoms with Gasteiger partial charge in [-0.05, 0) is 19.1 Å². The second kappa shape index (κ2) is 8.34. The summed E-state index contributed by atoms with van der Waals surface area (Å²) in [6, 6.07) is -0.428. The summed E-state index contributed by atoms with van der Waals surface area (Å²) in [5.74, 6) is 1.70.